The van der Waals surface area contributed by atoms with Crippen molar-refractivity contribution >= 4 is 11.8 Å². The molecular formula is C10H10S. The van der Waals surface area contributed by atoms with Gasteiger partial charge in [0, 0.05) is 5.75 Å². The lowest BCUT2D eigenvalue weighted by atomic mass is 10.2. The maximum Gasteiger partial charge on any atom is 0.0548 e. The molecule has 11 heavy (non-hydrogen) atoms. The van der Waals surface area contributed by atoms with E-state index in [4.69, 9.17) is 6.42 Å². The van der Waals surface area contributed by atoms with Crippen molar-refractivity contribution in [1.82, 2.24) is 0 Å². The Balaban J connectivity index is 2.35. The molecule has 0 saturated carbocycles. The lowest BCUT2D eigenvalue weighted by Crippen LogP contribution is -1.79. The van der Waals surface area contributed by atoms with Crippen LogP contribution in [-0.2, 0) is 5.75 Å². The maximum absolute atomic E-state index is 5.12. The minimum absolute atomic E-state index is 0.800. The lowest BCUT2D eigenvalue weighted by molar-refractivity contribution is 1.42. The molecule has 0 aliphatic rings. The fourth-order valence-electron chi connectivity index (χ4n) is 0.802. The minimum Gasteiger partial charge on any atom is -0.144 e. The van der Waals surface area contributed by atoms with Crippen LogP contribution in [0.15, 0.2) is 30.3 Å². The third-order valence-electron chi connectivity index (χ3n) is 1.30. The number of hydrogen-bond donors (Lipinski definition) is 0. The monoisotopic (exact) mass is 162 g/mol. The van der Waals surface area contributed by atoms with Gasteiger partial charge in [-0.3, -0.25) is 0 Å². The first kappa shape index (κ1) is 8.23. The average Bonchev–Trinajstić information content (AvgIpc) is 2.07. The van der Waals surface area contributed by atoms with Crippen molar-refractivity contribution in [2.75, 3.05) is 5.75 Å². The second-order valence-corrected chi connectivity index (χ2v) is 3.17. The zero-order valence-electron chi connectivity index (χ0n) is 6.29. The van der Waals surface area contributed by atoms with Crippen molar-refractivity contribution in [3.63, 3.8) is 0 Å². The van der Waals surface area contributed by atoms with Crippen molar-refractivity contribution in [1.29, 1.82) is 0 Å². The zero-order valence-corrected chi connectivity index (χ0v) is 7.10. The van der Waals surface area contributed by atoms with Crippen LogP contribution in [0.1, 0.15) is 5.56 Å². The normalized spacial score (nSPS) is 9.00. The number of hydrogen-bond acceptors (Lipinski definition) is 1. The lowest BCUT2D eigenvalue weighted by Gasteiger charge is -1.96. The molecule has 0 atom stereocenters. The van der Waals surface area contributed by atoms with Gasteiger partial charge in [0.2, 0.25) is 0 Å². The fraction of sp³-hybridized carbons (Fsp3) is 0.200. The summed E-state index contributed by atoms with van der Waals surface area (Å²) in [7, 11) is 0. The van der Waals surface area contributed by atoms with E-state index < -0.39 is 0 Å². The number of benzene rings is 1. The molecule has 56 valence electrons. The molecular weight excluding hydrogens is 152 g/mol. The first-order valence-electron chi connectivity index (χ1n) is 3.48. The summed E-state index contributed by atoms with van der Waals surface area (Å²) < 4.78 is 0. The van der Waals surface area contributed by atoms with Crippen LogP contribution in [0.2, 0.25) is 0 Å². The van der Waals surface area contributed by atoms with Gasteiger partial charge in [-0.25, -0.2) is 0 Å². The smallest absolute Gasteiger partial charge is 0.0548 e. The van der Waals surface area contributed by atoms with Gasteiger partial charge >= 0.3 is 0 Å². The predicted molar refractivity (Wildman–Crippen MR) is 51.4 cm³/mol. The Labute approximate surface area is 72.0 Å². The molecule has 1 aromatic rings. The molecule has 0 spiro atoms. The molecule has 0 aromatic heterocycles. The van der Waals surface area contributed by atoms with E-state index in [-0.39, 0.29) is 0 Å². The standard InChI is InChI=1S/C10H10S/c1-2-8-11-9-10-6-4-3-5-7-10/h1,3-7H,8-9H2. The molecule has 0 aliphatic carbocycles. The van der Waals surface area contributed by atoms with E-state index >= 15 is 0 Å². The van der Waals surface area contributed by atoms with Crippen LogP contribution in [0.3, 0.4) is 0 Å². The summed E-state index contributed by atoms with van der Waals surface area (Å²) in [6.45, 7) is 0. The Bertz CT molecular complexity index is 233. The first-order valence-corrected chi connectivity index (χ1v) is 4.64. The summed E-state index contributed by atoms with van der Waals surface area (Å²) in [6, 6.07) is 10.3. The van der Waals surface area contributed by atoms with Crippen molar-refractivity contribution in [3.05, 3.63) is 35.9 Å². The van der Waals surface area contributed by atoms with E-state index in [2.05, 4.69) is 18.1 Å². The quantitative estimate of drug-likeness (QED) is 0.486. The van der Waals surface area contributed by atoms with Crippen molar-refractivity contribution in [3.8, 4) is 12.3 Å². The third-order valence-corrected chi connectivity index (χ3v) is 2.21. The van der Waals surface area contributed by atoms with Gasteiger partial charge in [0.15, 0.2) is 0 Å². The molecule has 0 N–H and O–H groups in total. The maximum atomic E-state index is 5.12. The molecule has 0 saturated heterocycles. The first-order chi connectivity index (χ1) is 5.43. The van der Waals surface area contributed by atoms with Crippen molar-refractivity contribution in [2.45, 2.75) is 5.75 Å². The van der Waals surface area contributed by atoms with Gasteiger partial charge in [0.25, 0.3) is 0 Å². The summed E-state index contributed by atoms with van der Waals surface area (Å²) >= 11 is 1.77. The Morgan fingerprint density at radius 1 is 1.27 bits per heavy atom. The second kappa shape index (κ2) is 4.87. The highest BCUT2D eigenvalue weighted by molar-refractivity contribution is 7.98. The van der Waals surface area contributed by atoms with Gasteiger partial charge in [-0.15, -0.1) is 18.2 Å². The Morgan fingerprint density at radius 2 is 2.00 bits per heavy atom. The number of thioether (sulfide) groups is 1. The van der Waals surface area contributed by atoms with Gasteiger partial charge in [-0.05, 0) is 5.56 Å². The summed E-state index contributed by atoms with van der Waals surface area (Å²) in [6.07, 6.45) is 5.12. The van der Waals surface area contributed by atoms with Crippen LogP contribution in [0, 0.1) is 12.3 Å². The molecule has 0 heterocycles. The summed E-state index contributed by atoms with van der Waals surface area (Å²) in [5.74, 6) is 4.42. The Morgan fingerprint density at radius 3 is 2.64 bits per heavy atom. The van der Waals surface area contributed by atoms with E-state index in [1.54, 1.807) is 11.8 Å². The van der Waals surface area contributed by atoms with Crippen LogP contribution < -0.4 is 0 Å². The topological polar surface area (TPSA) is 0 Å². The van der Waals surface area contributed by atoms with Gasteiger partial charge < -0.3 is 0 Å². The van der Waals surface area contributed by atoms with Gasteiger partial charge in [0.1, 0.15) is 0 Å². The van der Waals surface area contributed by atoms with Crippen LogP contribution in [0.5, 0.6) is 0 Å². The molecule has 0 amide bonds. The highest BCUT2D eigenvalue weighted by atomic mass is 32.2. The van der Waals surface area contributed by atoms with E-state index in [1.165, 1.54) is 5.56 Å². The summed E-state index contributed by atoms with van der Waals surface area (Å²) in [5.41, 5.74) is 1.34. The van der Waals surface area contributed by atoms with Crippen LogP contribution in [-0.4, -0.2) is 5.75 Å². The van der Waals surface area contributed by atoms with Crippen LogP contribution >= 0.6 is 11.8 Å². The van der Waals surface area contributed by atoms with E-state index in [1.807, 2.05) is 18.2 Å². The van der Waals surface area contributed by atoms with Gasteiger partial charge in [-0.1, -0.05) is 36.3 Å². The molecule has 0 aliphatic heterocycles. The van der Waals surface area contributed by atoms with Crippen LogP contribution in [0.25, 0.3) is 0 Å². The molecule has 0 nitrogen and oxygen atoms in total. The number of terminal acetylenes is 1. The average molecular weight is 162 g/mol. The zero-order chi connectivity index (χ0) is 7.94. The molecule has 0 fully saturated rings. The highest BCUT2D eigenvalue weighted by Crippen LogP contribution is 2.10. The molecule has 0 unspecified atom stereocenters. The van der Waals surface area contributed by atoms with Crippen molar-refractivity contribution < 1.29 is 0 Å². The number of rotatable bonds is 3. The fourth-order valence-corrected chi connectivity index (χ4v) is 1.45. The summed E-state index contributed by atoms with van der Waals surface area (Å²) in [4.78, 5) is 0. The largest absolute Gasteiger partial charge is 0.144 e. The predicted octanol–water partition coefficient (Wildman–Crippen LogP) is 2.55. The summed E-state index contributed by atoms with van der Waals surface area (Å²) in [5, 5.41) is 0. The van der Waals surface area contributed by atoms with E-state index in [9.17, 15) is 0 Å². The Hall–Kier alpha value is -0.870. The second-order valence-electron chi connectivity index (χ2n) is 2.18. The molecule has 1 rings (SSSR count). The highest BCUT2D eigenvalue weighted by Gasteiger charge is 1.88. The van der Waals surface area contributed by atoms with E-state index in [0.717, 1.165) is 11.5 Å². The molecule has 0 bridgehead atoms. The third kappa shape index (κ3) is 3.15. The molecule has 1 heteroatoms. The SMILES string of the molecule is C#CCSCc1ccccc1. The van der Waals surface area contributed by atoms with Gasteiger partial charge in [0.05, 0.1) is 5.75 Å². The van der Waals surface area contributed by atoms with E-state index in [0.29, 0.717) is 0 Å². The Kier molecular flexibility index (Phi) is 3.64. The minimum atomic E-state index is 0.800. The molecule has 0 radical (unpaired) electrons. The van der Waals surface area contributed by atoms with Gasteiger partial charge in [-0.2, -0.15) is 0 Å². The molecule has 1 aromatic carbocycles. The van der Waals surface area contributed by atoms with Crippen LogP contribution in [0.4, 0.5) is 0 Å². The van der Waals surface area contributed by atoms with Crippen molar-refractivity contribution in [2.24, 2.45) is 0 Å².